The van der Waals surface area contributed by atoms with Gasteiger partial charge < -0.3 is 9.15 Å². The molecule has 1 aromatic heterocycles. The summed E-state index contributed by atoms with van der Waals surface area (Å²) in [6, 6.07) is 7.25. The van der Waals surface area contributed by atoms with Crippen LogP contribution in [0.2, 0.25) is 0 Å². The fourth-order valence-electron chi connectivity index (χ4n) is 3.01. The molecule has 1 fully saturated rings. The fourth-order valence-corrected chi connectivity index (χ4v) is 3.01. The zero-order chi connectivity index (χ0) is 15.4. The van der Waals surface area contributed by atoms with Crippen molar-refractivity contribution in [2.45, 2.75) is 39.2 Å². The van der Waals surface area contributed by atoms with Crippen molar-refractivity contribution in [1.29, 1.82) is 0 Å². The quantitative estimate of drug-likeness (QED) is 0.792. The first kappa shape index (κ1) is 15.1. The molecule has 0 aliphatic carbocycles. The van der Waals surface area contributed by atoms with E-state index in [1.54, 1.807) is 0 Å². The van der Waals surface area contributed by atoms with Crippen LogP contribution in [0.1, 0.15) is 38.2 Å². The Balaban J connectivity index is 2.00. The van der Waals surface area contributed by atoms with E-state index >= 15 is 0 Å². The Hall–Kier alpha value is -1.81. The third-order valence-corrected chi connectivity index (χ3v) is 4.14. The number of hydrogen-bond donors (Lipinski definition) is 0. The molecule has 2 heterocycles. The van der Waals surface area contributed by atoms with E-state index in [0.29, 0.717) is 12.2 Å². The van der Waals surface area contributed by atoms with E-state index < -0.39 is 0 Å². The van der Waals surface area contributed by atoms with Gasteiger partial charge in [0.1, 0.15) is 11.3 Å². The van der Waals surface area contributed by atoms with E-state index in [0.717, 1.165) is 42.8 Å². The van der Waals surface area contributed by atoms with Gasteiger partial charge >= 0.3 is 5.63 Å². The Morgan fingerprint density at radius 1 is 1.14 bits per heavy atom. The van der Waals surface area contributed by atoms with Crippen LogP contribution in [0.25, 0.3) is 11.0 Å². The Labute approximate surface area is 130 Å². The van der Waals surface area contributed by atoms with Gasteiger partial charge in [0.15, 0.2) is 0 Å². The van der Waals surface area contributed by atoms with Crippen molar-refractivity contribution in [3.8, 4) is 5.75 Å². The molecule has 0 radical (unpaired) electrons. The molecular formula is C18H23NO3. The molecule has 0 saturated carbocycles. The minimum atomic E-state index is -0.306. The summed E-state index contributed by atoms with van der Waals surface area (Å²) in [4.78, 5) is 14.1. The van der Waals surface area contributed by atoms with Crippen LogP contribution in [0.5, 0.6) is 5.75 Å². The van der Waals surface area contributed by atoms with Crippen LogP contribution in [-0.2, 0) is 6.54 Å². The smallest absolute Gasteiger partial charge is 0.336 e. The molecule has 3 rings (SSSR count). The maximum Gasteiger partial charge on any atom is 0.336 e. The Kier molecular flexibility index (Phi) is 4.78. The number of hydrogen-bond acceptors (Lipinski definition) is 4. The van der Waals surface area contributed by atoms with E-state index in [-0.39, 0.29) is 5.63 Å². The first-order valence-corrected chi connectivity index (χ1v) is 8.19. The highest BCUT2D eigenvalue weighted by Crippen LogP contribution is 2.29. The highest BCUT2D eigenvalue weighted by atomic mass is 16.5. The second-order valence-corrected chi connectivity index (χ2v) is 5.90. The van der Waals surface area contributed by atoms with Crippen molar-refractivity contribution in [1.82, 2.24) is 4.90 Å². The SMILES string of the molecule is CCCOc1ccc2ccc(=O)oc2c1CN1CCCCC1. The number of ether oxygens (including phenoxy) is 1. The van der Waals surface area contributed by atoms with Gasteiger partial charge in [0, 0.05) is 18.0 Å². The maximum atomic E-state index is 11.6. The molecule has 0 spiro atoms. The molecular weight excluding hydrogens is 278 g/mol. The molecule has 2 aromatic rings. The van der Waals surface area contributed by atoms with E-state index in [4.69, 9.17) is 9.15 Å². The van der Waals surface area contributed by atoms with E-state index in [2.05, 4.69) is 11.8 Å². The van der Waals surface area contributed by atoms with Gasteiger partial charge in [-0.25, -0.2) is 4.79 Å². The molecule has 4 nitrogen and oxygen atoms in total. The van der Waals surface area contributed by atoms with E-state index in [9.17, 15) is 4.79 Å². The van der Waals surface area contributed by atoms with Gasteiger partial charge in [0.25, 0.3) is 0 Å². The average molecular weight is 301 g/mol. The predicted molar refractivity (Wildman–Crippen MR) is 87.4 cm³/mol. The summed E-state index contributed by atoms with van der Waals surface area (Å²) < 4.78 is 11.4. The molecule has 0 atom stereocenters. The molecule has 118 valence electrons. The van der Waals surface area contributed by atoms with Crippen LogP contribution >= 0.6 is 0 Å². The summed E-state index contributed by atoms with van der Waals surface area (Å²) in [7, 11) is 0. The molecule has 1 aromatic carbocycles. The standard InChI is InChI=1S/C18H23NO3/c1-2-12-21-16-8-6-14-7-9-17(20)22-18(14)15(16)13-19-10-4-3-5-11-19/h6-9H,2-5,10-13H2,1H3. The highest BCUT2D eigenvalue weighted by molar-refractivity contribution is 5.82. The molecule has 1 aliphatic heterocycles. The van der Waals surface area contributed by atoms with Gasteiger partial charge in [0.05, 0.1) is 12.2 Å². The number of fused-ring (bicyclic) bond motifs is 1. The summed E-state index contributed by atoms with van der Waals surface area (Å²) >= 11 is 0. The van der Waals surface area contributed by atoms with E-state index in [1.807, 2.05) is 18.2 Å². The van der Waals surface area contributed by atoms with Crippen molar-refractivity contribution in [3.63, 3.8) is 0 Å². The number of nitrogens with zero attached hydrogens (tertiary/aromatic N) is 1. The Bertz CT molecular complexity index is 686. The molecule has 22 heavy (non-hydrogen) atoms. The lowest BCUT2D eigenvalue weighted by Crippen LogP contribution is -2.29. The second kappa shape index (κ2) is 6.97. The van der Waals surface area contributed by atoms with Gasteiger partial charge in [-0.2, -0.15) is 0 Å². The summed E-state index contributed by atoms with van der Waals surface area (Å²) in [6.07, 6.45) is 4.74. The molecule has 1 saturated heterocycles. The third-order valence-electron chi connectivity index (χ3n) is 4.14. The lowest BCUT2D eigenvalue weighted by atomic mass is 10.1. The van der Waals surface area contributed by atoms with E-state index in [1.165, 1.54) is 25.3 Å². The van der Waals surface area contributed by atoms with Crippen LogP contribution < -0.4 is 10.4 Å². The largest absolute Gasteiger partial charge is 0.493 e. The lowest BCUT2D eigenvalue weighted by Gasteiger charge is -2.27. The molecule has 1 aliphatic rings. The monoisotopic (exact) mass is 301 g/mol. The van der Waals surface area contributed by atoms with Crippen LogP contribution in [0.4, 0.5) is 0 Å². The minimum Gasteiger partial charge on any atom is -0.493 e. The van der Waals surface area contributed by atoms with Gasteiger partial charge in [-0.1, -0.05) is 13.3 Å². The zero-order valence-electron chi connectivity index (χ0n) is 13.1. The molecule has 0 N–H and O–H groups in total. The first-order valence-electron chi connectivity index (χ1n) is 8.19. The van der Waals surface area contributed by atoms with Gasteiger partial charge in [0.2, 0.25) is 0 Å². The van der Waals surface area contributed by atoms with Crippen molar-refractivity contribution < 1.29 is 9.15 Å². The molecule has 0 bridgehead atoms. The van der Waals surface area contributed by atoms with Crippen LogP contribution in [0, 0.1) is 0 Å². The topological polar surface area (TPSA) is 42.7 Å². The molecule has 4 heteroatoms. The summed E-state index contributed by atoms with van der Waals surface area (Å²) in [6.45, 7) is 5.74. The third kappa shape index (κ3) is 3.33. The zero-order valence-corrected chi connectivity index (χ0v) is 13.1. The summed E-state index contributed by atoms with van der Waals surface area (Å²) in [5, 5.41) is 0.954. The van der Waals surface area contributed by atoms with Gasteiger partial charge in [-0.15, -0.1) is 0 Å². The number of piperidine rings is 1. The Morgan fingerprint density at radius 3 is 2.68 bits per heavy atom. The van der Waals surface area contributed by atoms with Crippen LogP contribution in [0.3, 0.4) is 0 Å². The van der Waals surface area contributed by atoms with Crippen molar-refractivity contribution in [3.05, 3.63) is 40.2 Å². The van der Waals surface area contributed by atoms with Crippen molar-refractivity contribution in [2.24, 2.45) is 0 Å². The number of rotatable bonds is 5. The van der Waals surface area contributed by atoms with Gasteiger partial charge in [-0.05, 0) is 50.6 Å². The first-order chi connectivity index (χ1) is 10.8. The van der Waals surface area contributed by atoms with Gasteiger partial charge in [-0.3, -0.25) is 4.90 Å². The average Bonchev–Trinajstić information content (AvgIpc) is 2.55. The van der Waals surface area contributed by atoms with Crippen molar-refractivity contribution in [2.75, 3.05) is 19.7 Å². The molecule has 0 amide bonds. The second-order valence-electron chi connectivity index (χ2n) is 5.90. The number of likely N-dealkylation sites (tertiary alicyclic amines) is 1. The van der Waals surface area contributed by atoms with Crippen LogP contribution in [-0.4, -0.2) is 24.6 Å². The minimum absolute atomic E-state index is 0.306. The lowest BCUT2D eigenvalue weighted by molar-refractivity contribution is 0.216. The predicted octanol–water partition coefficient (Wildman–Crippen LogP) is 3.57. The van der Waals surface area contributed by atoms with Crippen LogP contribution in [0.15, 0.2) is 33.5 Å². The summed E-state index contributed by atoms with van der Waals surface area (Å²) in [5.74, 6) is 0.842. The fraction of sp³-hybridized carbons (Fsp3) is 0.500. The maximum absolute atomic E-state index is 11.6. The summed E-state index contributed by atoms with van der Waals surface area (Å²) in [5.41, 5.74) is 1.37. The Morgan fingerprint density at radius 2 is 1.91 bits per heavy atom. The number of benzene rings is 1. The highest BCUT2D eigenvalue weighted by Gasteiger charge is 2.17. The molecule has 0 unspecified atom stereocenters. The normalized spacial score (nSPS) is 16.0. The van der Waals surface area contributed by atoms with Crippen molar-refractivity contribution >= 4 is 11.0 Å².